The number of hydrogen-bond donors (Lipinski definition) is 0. The third-order valence-corrected chi connectivity index (χ3v) is 5.51. The van der Waals surface area contributed by atoms with Crippen LogP contribution in [0.3, 0.4) is 0 Å². The van der Waals surface area contributed by atoms with Gasteiger partial charge >= 0.3 is 0 Å². The number of aryl methyl sites for hydroxylation is 1. The average molecular weight is 318 g/mol. The topological polar surface area (TPSA) is 41.4 Å². The number of carbonyl (C=O) groups excluding carboxylic acids is 1. The molecule has 0 unspecified atom stereocenters. The van der Waals surface area contributed by atoms with Crippen LogP contribution >= 0.6 is 0 Å². The van der Waals surface area contributed by atoms with E-state index in [0.717, 1.165) is 38.5 Å². The summed E-state index contributed by atoms with van der Waals surface area (Å²) >= 11 is 0. The number of hydrogen-bond acceptors (Lipinski definition) is 3. The van der Waals surface area contributed by atoms with Crippen molar-refractivity contribution in [3.8, 4) is 0 Å². The molecule has 2 fully saturated rings. The van der Waals surface area contributed by atoms with Crippen LogP contribution < -0.4 is 0 Å². The van der Waals surface area contributed by atoms with Crippen molar-refractivity contribution in [1.82, 2.24) is 19.4 Å². The Labute approximate surface area is 139 Å². The van der Waals surface area contributed by atoms with Crippen molar-refractivity contribution in [2.75, 3.05) is 19.6 Å². The van der Waals surface area contributed by atoms with Crippen LogP contribution in [-0.4, -0.2) is 57.0 Å². The summed E-state index contributed by atoms with van der Waals surface area (Å²) in [4.78, 5) is 21.1. The minimum atomic E-state index is 0.157. The van der Waals surface area contributed by atoms with E-state index in [0.29, 0.717) is 11.9 Å². The van der Waals surface area contributed by atoms with E-state index in [1.165, 1.54) is 25.7 Å². The second-order valence-electron chi connectivity index (χ2n) is 7.35. The van der Waals surface area contributed by atoms with Gasteiger partial charge in [0.2, 0.25) is 5.91 Å². The van der Waals surface area contributed by atoms with Crippen LogP contribution in [0.1, 0.15) is 46.0 Å². The molecule has 5 heteroatoms. The molecule has 1 amide bonds. The van der Waals surface area contributed by atoms with E-state index >= 15 is 0 Å². The minimum Gasteiger partial charge on any atom is -0.339 e. The zero-order chi connectivity index (χ0) is 16.2. The molecule has 0 N–H and O–H groups in total. The van der Waals surface area contributed by atoms with Gasteiger partial charge in [-0.15, -0.1) is 0 Å². The van der Waals surface area contributed by atoms with Gasteiger partial charge < -0.3 is 9.47 Å². The Morgan fingerprint density at radius 1 is 1.22 bits per heavy atom. The fourth-order valence-corrected chi connectivity index (χ4v) is 4.07. The summed E-state index contributed by atoms with van der Waals surface area (Å²) in [7, 11) is 0. The van der Waals surface area contributed by atoms with E-state index in [4.69, 9.17) is 0 Å². The Morgan fingerprint density at radius 3 is 2.61 bits per heavy atom. The number of nitrogens with zero attached hydrogens (tertiary/aromatic N) is 4. The molecule has 128 valence electrons. The molecule has 3 heterocycles. The third-order valence-electron chi connectivity index (χ3n) is 5.51. The molecule has 0 aliphatic carbocycles. The van der Waals surface area contributed by atoms with Crippen LogP contribution in [0, 0.1) is 5.92 Å². The van der Waals surface area contributed by atoms with Gasteiger partial charge in [0, 0.05) is 31.5 Å². The molecular weight excluding hydrogens is 288 g/mol. The first-order valence-electron chi connectivity index (χ1n) is 9.15. The van der Waals surface area contributed by atoms with Gasteiger partial charge in [-0.3, -0.25) is 9.69 Å². The maximum Gasteiger partial charge on any atom is 0.240 e. The molecule has 1 aromatic rings. The number of aromatic nitrogens is 2. The van der Waals surface area contributed by atoms with E-state index in [2.05, 4.69) is 28.3 Å². The zero-order valence-electron chi connectivity index (χ0n) is 14.5. The number of amides is 1. The lowest BCUT2D eigenvalue weighted by Gasteiger charge is -2.35. The van der Waals surface area contributed by atoms with E-state index in [-0.39, 0.29) is 6.04 Å². The maximum atomic E-state index is 12.5. The summed E-state index contributed by atoms with van der Waals surface area (Å²) in [5.41, 5.74) is 0. The van der Waals surface area contributed by atoms with Gasteiger partial charge in [-0.05, 0) is 65.0 Å². The van der Waals surface area contributed by atoms with Crippen molar-refractivity contribution in [2.45, 2.75) is 64.6 Å². The highest BCUT2D eigenvalue weighted by atomic mass is 16.2. The molecule has 1 atom stereocenters. The van der Waals surface area contributed by atoms with E-state index < -0.39 is 0 Å². The van der Waals surface area contributed by atoms with Gasteiger partial charge in [0.1, 0.15) is 0 Å². The molecule has 2 aliphatic rings. The number of likely N-dealkylation sites (tertiary alicyclic amines) is 2. The van der Waals surface area contributed by atoms with E-state index in [1.807, 2.05) is 23.6 Å². The summed E-state index contributed by atoms with van der Waals surface area (Å²) in [6.07, 6.45) is 11.8. The molecular formula is C18H30N4O. The Hall–Kier alpha value is -1.36. The van der Waals surface area contributed by atoms with Crippen molar-refractivity contribution in [2.24, 2.45) is 5.92 Å². The molecule has 23 heavy (non-hydrogen) atoms. The fourth-order valence-electron chi connectivity index (χ4n) is 4.07. The Balaban J connectivity index is 1.39. The lowest BCUT2D eigenvalue weighted by molar-refractivity contribution is -0.134. The predicted molar refractivity (Wildman–Crippen MR) is 91.0 cm³/mol. The van der Waals surface area contributed by atoms with Gasteiger partial charge in [0.25, 0.3) is 0 Å². The van der Waals surface area contributed by atoms with Crippen LogP contribution in [0.5, 0.6) is 0 Å². The fraction of sp³-hybridized carbons (Fsp3) is 0.778. The Morgan fingerprint density at radius 2 is 2.00 bits per heavy atom. The Kier molecular flexibility index (Phi) is 5.36. The van der Waals surface area contributed by atoms with Crippen molar-refractivity contribution in [3.63, 3.8) is 0 Å². The third kappa shape index (κ3) is 3.94. The standard InChI is InChI=1S/C18H30N4O/c1-15(2)22-12-7-17(18(22)23)21-10-5-16(6-11-21)4-3-9-20-13-8-19-14-20/h8,13-17H,3-7,9-12H2,1-2H3/t17-/m1/s1. The largest absolute Gasteiger partial charge is 0.339 e. The zero-order valence-corrected chi connectivity index (χ0v) is 14.5. The quantitative estimate of drug-likeness (QED) is 0.809. The molecule has 0 aromatic carbocycles. The molecule has 3 rings (SSSR count). The van der Waals surface area contributed by atoms with Gasteiger partial charge in [0.05, 0.1) is 12.4 Å². The molecule has 0 spiro atoms. The summed E-state index contributed by atoms with van der Waals surface area (Å²) in [5.74, 6) is 1.19. The molecule has 2 aliphatic heterocycles. The van der Waals surface area contributed by atoms with Crippen molar-refractivity contribution in [1.29, 1.82) is 0 Å². The smallest absolute Gasteiger partial charge is 0.240 e. The monoisotopic (exact) mass is 318 g/mol. The second kappa shape index (κ2) is 7.47. The molecule has 5 nitrogen and oxygen atoms in total. The van der Waals surface area contributed by atoms with E-state index in [9.17, 15) is 4.79 Å². The van der Waals surface area contributed by atoms with Gasteiger partial charge in [0.15, 0.2) is 0 Å². The average Bonchev–Trinajstić information content (AvgIpc) is 3.18. The second-order valence-corrected chi connectivity index (χ2v) is 7.35. The normalized spacial score (nSPS) is 24.0. The highest BCUT2D eigenvalue weighted by Gasteiger charge is 2.38. The summed E-state index contributed by atoms with van der Waals surface area (Å²) in [6.45, 7) is 8.44. The SMILES string of the molecule is CC(C)N1CC[C@@H](N2CCC(CCCn3ccnc3)CC2)C1=O. The summed E-state index contributed by atoms with van der Waals surface area (Å²) in [5, 5.41) is 0. The first-order chi connectivity index (χ1) is 11.1. The number of piperidine rings is 1. The molecule has 2 saturated heterocycles. The van der Waals surface area contributed by atoms with Crippen molar-refractivity contribution >= 4 is 5.91 Å². The van der Waals surface area contributed by atoms with Crippen LogP contribution in [0.25, 0.3) is 0 Å². The van der Waals surface area contributed by atoms with Gasteiger partial charge in [-0.1, -0.05) is 0 Å². The number of imidazole rings is 1. The highest BCUT2D eigenvalue weighted by Crippen LogP contribution is 2.27. The molecule has 1 aromatic heterocycles. The van der Waals surface area contributed by atoms with E-state index in [1.54, 1.807) is 0 Å². The minimum absolute atomic E-state index is 0.157. The number of carbonyl (C=O) groups is 1. The van der Waals surface area contributed by atoms with Crippen LogP contribution in [0.2, 0.25) is 0 Å². The van der Waals surface area contributed by atoms with Crippen molar-refractivity contribution < 1.29 is 4.79 Å². The Bertz CT molecular complexity index is 491. The maximum absolute atomic E-state index is 12.5. The lowest BCUT2D eigenvalue weighted by Crippen LogP contribution is -2.46. The van der Waals surface area contributed by atoms with Crippen LogP contribution in [-0.2, 0) is 11.3 Å². The molecule has 0 radical (unpaired) electrons. The van der Waals surface area contributed by atoms with Crippen LogP contribution in [0.4, 0.5) is 0 Å². The molecule has 0 saturated carbocycles. The first kappa shape index (κ1) is 16.5. The summed E-state index contributed by atoms with van der Waals surface area (Å²) < 4.78 is 2.16. The molecule has 0 bridgehead atoms. The predicted octanol–water partition coefficient (Wildman–Crippen LogP) is 2.38. The highest BCUT2D eigenvalue weighted by molar-refractivity contribution is 5.84. The van der Waals surface area contributed by atoms with Crippen LogP contribution in [0.15, 0.2) is 18.7 Å². The van der Waals surface area contributed by atoms with Gasteiger partial charge in [-0.25, -0.2) is 4.98 Å². The van der Waals surface area contributed by atoms with Gasteiger partial charge in [-0.2, -0.15) is 0 Å². The lowest BCUT2D eigenvalue weighted by atomic mass is 9.91. The number of rotatable bonds is 6. The summed E-state index contributed by atoms with van der Waals surface area (Å²) in [6, 6.07) is 0.498. The van der Waals surface area contributed by atoms with Crippen molar-refractivity contribution in [3.05, 3.63) is 18.7 Å². The first-order valence-corrected chi connectivity index (χ1v) is 9.15.